The van der Waals surface area contributed by atoms with Gasteiger partial charge in [0.2, 0.25) is 5.95 Å². The van der Waals surface area contributed by atoms with E-state index in [0.29, 0.717) is 5.95 Å². The van der Waals surface area contributed by atoms with Gasteiger partial charge in [-0.25, -0.2) is 9.97 Å². The molecule has 3 heterocycles. The van der Waals surface area contributed by atoms with Crippen LogP contribution in [0, 0.1) is 0 Å². The Morgan fingerprint density at radius 3 is 1.79 bits per heavy atom. The van der Waals surface area contributed by atoms with Crippen LogP contribution in [0.1, 0.15) is 25.0 Å². The Labute approximate surface area is 332 Å². The summed E-state index contributed by atoms with van der Waals surface area (Å²) in [6.45, 7) is 4.72. The molecule has 0 saturated carbocycles. The Morgan fingerprint density at radius 2 is 1.05 bits per heavy atom. The highest BCUT2D eigenvalue weighted by Gasteiger charge is 2.37. The summed E-state index contributed by atoms with van der Waals surface area (Å²) in [5.41, 5.74) is 14.3. The first kappa shape index (κ1) is 33.1. The van der Waals surface area contributed by atoms with E-state index in [2.05, 4.69) is 205 Å². The van der Waals surface area contributed by atoms with E-state index < -0.39 is 0 Å². The summed E-state index contributed by atoms with van der Waals surface area (Å²) in [6.07, 6.45) is 0. The fourth-order valence-electron chi connectivity index (χ4n) is 9.06. The second kappa shape index (κ2) is 12.9. The van der Waals surface area contributed by atoms with Crippen molar-refractivity contribution < 1.29 is 0 Å². The minimum Gasteiger partial charge on any atom is -0.310 e. The van der Waals surface area contributed by atoms with Gasteiger partial charge in [0.1, 0.15) is 0 Å². The smallest absolute Gasteiger partial charge is 0.235 e. The molecule has 0 radical (unpaired) electrons. The van der Waals surface area contributed by atoms with Gasteiger partial charge in [0, 0.05) is 33.0 Å². The van der Waals surface area contributed by atoms with Crippen LogP contribution in [0.4, 0.5) is 17.1 Å². The molecule has 0 atom stereocenters. The second-order valence-electron chi connectivity index (χ2n) is 15.4. The van der Waals surface area contributed by atoms with Crippen LogP contribution < -0.4 is 4.90 Å². The quantitative estimate of drug-likeness (QED) is 0.177. The molecule has 0 N–H and O–H groups in total. The minimum atomic E-state index is -0.235. The molecule has 2 aromatic heterocycles. The van der Waals surface area contributed by atoms with Crippen LogP contribution in [0.25, 0.3) is 72.2 Å². The third-order valence-electron chi connectivity index (χ3n) is 11.8. The topological polar surface area (TPSA) is 34.0 Å². The van der Waals surface area contributed by atoms with E-state index in [0.717, 1.165) is 39.2 Å². The van der Waals surface area contributed by atoms with E-state index in [4.69, 9.17) is 9.97 Å². The van der Waals surface area contributed by atoms with Crippen LogP contribution in [0.3, 0.4) is 0 Å². The highest BCUT2D eigenvalue weighted by atomic mass is 15.2. The Balaban J connectivity index is 1.20. The average molecular weight is 731 g/mol. The maximum absolute atomic E-state index is 5.34. The van der Waals surface area contributed by atoms with E-state index in [-0.39, 0.29) is 5.41 Å². The van der Waals surface area contributed by atoms with Crippen LogP contribution in [0.2, 0.25) is 0 Å². The van der Waals surface area contributed by atoms with Crippen molar-refractivity contribution in [2.24, 2.45) is 0 Å². The molecule has 10 aromatic rings. The molecule has 0 unspecified atom stereocenters. The summed E-state index contributed by atoms with van der Waals surface area (Å²) in [5.74, 6) is 0.643. The van der Waals surface area contributed by atoms with Gasteiger partial charge in [0.25, 0.3) is 0 Å². The van der Waals surface area contributed by atoms with Crippen LogP contribution >= 0.6 is 0 Å². The molecular formula is C53H38N4. The van der Waals surface area contributed by atoms with Crippen molar-refractivity contribution in [3.05, 3.63) is 205 Å². The van der Waals surface area contributed by atoms with E-state index in [1.165, 1.54) is 55.2 Å². The van der Waals surface area contributed by atoms with Gasteiger partial charge in [-0.1, -0.05) is 159 Å². The molecule has 0 spiro atoms. The average Bonchev–Trinajstić information content (AvgIpc) is 3.63. The molecular weight excluding hydrogens is 693 g/mol. The van der Waals surface area contributed by atoms with Gasteiger partial charge < -0.3 is 4.90 Å². The van der Waals surface area contributed by atoms with Crippen LogP contribution in [-0.4, -0.2) is 14.5 Å². The van der Waals surface area contributed by atoms with Gasteiger partial charge in [-0.05, 0) is 81.6 Å². The molecule has 0 bridgehead atoms. The fourth-order valence-corrected chi connectivity index (χ4v) is 9.06. The first-order chi connectivity index (χ1) is 28.0. The van der Waals surface area contributed by atoms with Crippen molar-refractivity contribution in [1.29, 1.82) is 0 Å². The van der Waals surface area contributed by atoms with Gasteiger partial charge in [0.15, 0.2) is 0 Å². The van der Waals surface area contributed by atoms with Gasteiger partial charge in [-0.15, -0.1) is 0 Å². The zero-order valence-corrected chi connectivity index (χ0v) is 31.8. The first-order valence-corrected chi connectivity index (χ1v) is 19.6. The number of para-hydroxylation sites is 2. The van der Waals surface area contributed by atoms with E-state index in [1.807, 2.05) is 12.1 Å². The molecule has 0 aliphatic carbocycles. The zero-order chi connectivity index (χ0) is 38.1. The summed E-state index contributed by atoms with van der Waals surface area (Å²) in [5, 5.41) is 4.79. The molecule has 4 nitrogen and oxygen atoms in total. The van der Waals surface area contributed by atoms with Crippen LogP contribution in [-0.2, 0) is 5.41 Å². The Kier molecular flexibility index (Phi) is 7.48. The van der Waals surface area contributed by atoms with Gasteiger partial charge in [-0.3, -0.25) is 4.57 Å². The monoisotopic (exact) mass is 730 g/mol. The number of hydrogen-bond donors (Lipinski definition) is 0. The minimum absolute atomic E-state index is 0.235. The van der Waals surface area contributed by atoms with E-state index >= 15 is 0 Å². The molecule has 8 aromatic carbocycles. The Morgan fingerprint density at radius 1 is 0.439 bits per heavy atom. The summed E-state index contributed by atoms with van der Waals surface area (Å²) in [7, 11) is 0. The fraction of sp³-hybridized carbons (Fsp3) is 0.0566. The number of nitrogens with zero attached hydrogens (tertiary/aromatic N) is 4. The molecule has 1 aliphatic heterocycles. The summed E-state index contributed by atoms with van der Waals surface area (Å²) >= 11 is 0. The van der Waals surface area contributed by atoms with Crippen molar-refractivity contribution in [2.75, 3.05) is 4.90 Å². The lowest BCUT2D eigenvalue weighted by molar-refractivity contribution is 0.632. The first-order valence-electron chi connectivity index (χ1n) is 19.6. The third-order valence-corrected chi connectivity index (χ3v) is 11.8. The van der Waals surface area contributed by atoms with Crippen LogP contribution in [0.5, 0.6) is 0 Å². The molecule has 11 rings (SSSR count). The van der Waals surface area contributed by atoms with Crippen molar-refractivity contribution >= 4 is 49.6 Å². The number of anilines is 3. The van der Waals surface area contributed by atoms with E-state index in [1.54, 1.807) is 0 Å². The molecule has 270 valence electrons. The second-order valence-corrected chi connectivity index (χ2v) is 15.4. The Bertz CT molecular complexity index is 3090. The predicted octanol–water partition coefficient (Wildman–Crippen LogP) is 13.8. The molecule has 0 fully saturated rings. The summed E-state index contributed by atoms with van der Waals surface area (Å²) < 4.78 is 2.27. The highest BCUT2D eigenvalue weighted by Crippen LogP contribution is 2.53. The number of benzene rings is 8. The molecule has 4 heteroatoms. The maximum atomic E-state index is 5.34. The third kappa shape index (κ3) is 5.22. The van der Waals surface area contributed by atoms with Crippen molar-refractivity contribution in [2.45, 2.75) is 19.3 Å². The maximum Gasteiger partial charge on any atom is 0.235 e. The van der Waals surface area contributed by atoms with E-state index in [9.17, 15) is 0 Å². The van der Waals surface area contributed by atoms with Crippen molar-refractivity contribution in [1.82, 2.24) is 14.5 Å². The number of aromatic nitrogens is 3. The lowest BCUT2D eigenvalue weighted by Crippen LogP contribution is -2.30. The van der Waals surface area contributed by atoms with Gasteiger partial charge >= 0.3 is 0 Å². The summed E-state index contributed by atoms with van der Waals surface area (Å²) in [4.78, 5) is 13.1. The summed E-state index contributed by atoms with van der Waals surface area (Å²) in [6, 6.07) is 69.4. The normalized spacial score (nSPS) is 13.2. The van der Waals surface area contributed by atoms with Crippen molar-refractivity contribution in [3.8, 4) is 39.6 Å². The van der Waals surface area contributed by atoms with Gasteiger partial charge in [-0.2, -0.15) is 0 Å². The molecule has 0 amide bonds. The highest BCUT2D eigenvalue weighted by molar-refractivity contribution is 6.25. The SMILES string of the molecule is CC1(C)c2ccccc2N(c2ccccc2)c2ccc(-c3cccc4c3c3c5ccccc5ccc3n4-c3nc(-c4ccccc4)cc(-c4ccccc4)n3)cc21. The van der Waals surface area contributed by atoms with Crippen molar-refractivity contribution in [3.63, 3.8) is 0 Å². The number of rotatable bonds is 5. The number of fused-ring (bicyclic) bond motifs is 7. The van der Waals surface area contributed by atoms with Crippen LogP contribution in [0.15, 0.2) is 194 Å². The molecule has 57 heavy (non-hydrogen) atoms. The molecule has 1 aliphatic rings. The zero-order valence-electron chi connectivity index (χ0n) is 31.8. The lowest BCUT2D eigenvalue weighted by Gasteiger charge is -2.42. The molecule has 0 saturated heterocycles. The predicted molar refractivity (Wildman–Crippen MR) is 237 cm³/mol. The van der Waals surface area contributed by atoms with Gasteiger partial charge in [0.05, 0.1) is 33.8 Å². The number of hydrogen-bond acceptors (Lipinski definition) is 3. The lowest BCUT2D eigenvalue weighted by atomic mass is 9.73. The standard InChI is InChI=1S/C53H38N4/c1-53(2)42-26-14-15-27-46(42)56(39-22-10-5-11-23-39)47-31-30-38(33-43(47)53)41-25-16-28-48-51(41)50-40-24-13-12-17-35(40)29-32-49(50)57(48)52-54-44(36-18-6-3-7-19-36)34-45(55-52)37-20-8-4-9-21-37/h3-34H,1-2H3. The largest absolute Gasteiger partial charge is 0.310 e. The Hall–Kier alpha value is -7.30.